The van der Waals surface area contributed by atoms with Crippen LogP contribution in [0.25, 0.3) is 0 Å². The molecule has 0 aliphatic rings. The molecular weight excluding hydrogens is 216 g/mol. The van der Waals surface area contributed by atoms with E-state index in [1.807, 2.05) is 19.9 Å². The van der Waals surface area contributed by atoms with Gasteiger partial charge in [0.25, 0.3) is 5.91 Å². The number of nitrogens with one attached hydrogen (secondary N) is 1. The van der Waals surface area contributed by atoms with Crippen molar-refractivity contribution in [3.8, 4) is 0 Å². The van der Waals surface area contributed by atoms with Crippen LogP contribution in [0.2, 0.25) is 0 Å². The first-order valence-electron chi connectivity index (χ1n) is 5.91. The lowest BCUT2D eigenvalue weighted by atomic mass is 10.1. The van der Waals surface area contributed by atoms with Gasteiger partial charge in [-0.1, -0.05) is 0 Å². The third kappa shape index (κ3) is 4.53. The Morgan fingerprint density at radius 2 is 2.18 bits per heavy atom. The molecule has 0 spiro atoms. The summed E-state index contributed by atoms with van der Waals surface area (Å²) in [6.45, 7) is 6.06. The maximum Gasteiger partial charge on any atom is 0.253 e. The summed E-state index contributed by atoms with van der Waals surface area (Å²) in [5.41, 5.74) is 2.28. The molecule has 1 unspecified atom stereocenters. The van der Waals surface area contributed by atoms with Gasteiger partial charge in [-0.25, -0.2) is 0 Å². The molecule has 4 heteroatoms. The third-order valence-electron chi connectivity index (χ3n) is 2.55. The van der Waals surface area contributed by atoms with Crippen molar-refractivity contribution in [3.05, 3.63) is 29.1 Å². The number of hydrogen-bond donors (Lipinski definition) is 2. The molecule has 1 aromatic rings. The second-order valence-corrected chi connectivity index (χ2v) is 4.33. The molecular formula is C13H20N2O2. The number of amides is 1. The van der Waals surface area contributed by atoms with Gasteiger partial charge in [-0.15, -0.1) is 0 Å². The fraction of sp³-hybridized carbons (Fsp3) is 0.538. The highest BCUT2D eigenvalue weighted by atomic mass is 16.3. The minimum atomic E-state index is -0.310. The van der Waals surface area contributed by atoms with E-state index < -0.39 is 0 Å². The molecule has 1 aromatic heterocycles. The predicted molar refractivity (Wildman–Crippen MR) is 67.0 cm³/mol. The third-order valence-corrected chi connectivity index (χ3v) is 2.55. The van der Waals surface area contributed by atoms with Gasteiger partial charge in [-0.3, -0.25) is 9.78 Å². The Hall–Kier alpha value is -1.42. The van der Waals surface area contributed by atoms with E-state index in [9.17, 15) is 4.79 Å². The summed E-state index contributed by atoms with van der Waals surface area (Å²) in [6, 6.07) is 3.62. The van der Waals surface area contributed by atoms with E-state index in [-0.39, 0.29) is 12.0 Å². The number of aryl methyl sites for hydroxylation is 2. The number of aliphatic hydroxyl groups excluding tert-OH is 1. The number of carbonyl (C=O) groups excluding carboxylic acids is 1. The van der Waals surface area contributed by atoms with E-state index in [0.29, 0.717) is 18.5 Å². The first kappa shape index (κ1) is 13.6. The Morgan fingerprint density at radius 3 is 2.76 bits per heavy atom. The summed E-state index contributed by atoms with van der Waals surface area (Å²) in [7, 11) is 0. The number of nitrogens with zero attached hydrogens (tertiary/aromatic N) is 1. The molecule has 17 heavy (non-hydrogen) atoms. The molecule has 0 aromatic carbocycles. The lowest BCUT2D eigenvalue weighted by molar-refractivity contribution is 0.0948. The predicted octanol–water partition coefficient (Wildman–Crippen LogP) is 1.59. The molecule has 0 saturated carbocycles. The van der Waals surface area contributed by atoms with E-state index in [2.05, 4.69) is 10.3 Å². The molecule has 1 atom stereocenters. The number of aromatic nitrogens is 1. The molecule has 94 valence electrons. The van der Waals surface area contributed by atoms with Crippen LogP contribution in [0, 0.1) is 13.8 Å². The maximum absolute atomic E-state index is 11.8. The highest BCUT2D eigenvalue weighted by Gasteiger charge is 2.09. The van der Waals surface area contributed by atoms with Gasteiger partial charge in [0.15, 0.2) is 0 Å². The van der Waals surface area contributed by atoms with E-state index in [1.54, 1.807) is 13.0 Å². The molecule has 0 aliphatic heterocycles. The first-order chi connectivity index (χ1) is 8.00. The quantitative estimate of drug-likeness (QED) is 0.763. The van der Waals surface area contributed by atoms with Crippen molar-refractivity contribution >= 4 is 5.91 Å². The van der Waals surface area contributed by atoms with Gasteiger partial charge in [0.2, 0.25) is 0 Å². The van der Waals surface area contributed by atoms with E-state index in [4.69, 9.17) is 5.11 Å². The van der Waals surface area contributed by atoms with Crippen molar-refractivity contribution in [3.63, 3.8) is 0 Å². The average Bonchev–Trinajstić information content (AvgIpc) is 2.23. The summed E-state index contributed by atoms with van der Waals surface area (Å²) in [4.78, 5) is 16.1. The molecule has 0 aliphatic carbocycles. The highest BCUT2D eigenvalue weighted by molar-refractivity contribution is 5.95. The van der Waals surface area contributed by atoms with Crippen LogP contribution in [0.4, 0.5) is 0 Å². The van der Waals surface area contributed by atoms with Crippen LogP contribution in [0.1, 0.15) is 41.5 Å². The zero-order valence-corrected chi connectivity index (χ0v) is 10.7. The second kappa shape index (κ2) is 6.35. The van der Waals surface area contributed by atoms with Crippen LogP contribution >= 0.6 is 0 Å². The fourth-order valence-corrected chi connectivity index (χ4v) is 1.62. The van der Waals surface area contributed by atoms with Gasteiger partial charge in [0.05, 0.1) is 17.4 Å². The van der Waals surface area contributed by atoms with E-state index >= 15 is 0 Å². The van der Waals surface area contributed by atoms with Crippen LogP contribution in [0.15, 0.2) is 12.1 Å². The van der Waals surface area contributed by atoms with Crippen LogP contribution < -0.4 is 5.32 Å². The Labute approximate surface area is 102 Å². The summed E-state index contributed by atoms with van der Waals surface area (Å²) in [6.07, 6.45) is 1.17. The number of pyridine rings is 1. The number of carbonyl (C=O) groups is 1. The lowest BCUT2D eigenvalue weighted by Crippen LogP contribution is -2.26. The van der Waals surface area contributed by atoms with Crippen molar-refractivity contribution < 1.29 is 9.90 Å². The van der Waals surface area contributed by atoms with Crippen LogP contribution in [0.3, 0.4) is 0 Å². The van der Waals surface area contributed by atoms with Gasteiger partial charge in [-0.2, -0.15) is 0 Å². The largest absolute Gasteiger partial charge is 0.393 e. The van der Waals surface area contributed by atoms with Crippen LogP contribution in [0.5, 0.6) is 0 Å². The van der Waals surface area contributed by atoms with Crippen molar-refractivity contribution in [2.75, 3.05) is 6.54 Å². The molecule has 1 heterocycles. The van der Waals surface area contributed by atoms with Crippen molar-refractivity contribution in [1.29, 1.82) is 0 Å². The number of hydrogen-bond acceptors (Lipinski definition) is 3. The standard InChI is InChI=1S/C13H20N2O2/c1-9-6-7-12(11(3)15-9)13(17)14-8-4-5-10(2)16/h6-7,10,16H,4-5,8H2,1-3H3,(H,14,17). The van der Waals surface area contributed by atoms with Crippen LogP contribution in [-0.2, 0) is 0 Å². The number of rotatable bonds is 5. The Kier molecular flexibility index (Phi) is 5.10. The number of aliphatic hydroxyl groups is 1. The zero-order valence-electron chi connectivity index (χ0n) is 10.7. The molecule has 4 nitrogen and oxygen atoms in total. The van der Waals surface area contributed by atoms with E-state index in [1.165, 1.54) is 0 Å². The minimum Gasteiger partial charge on any atom is -0.393 e. The monoisotopic (exact) mass is 236 g/mol. The highest BCUT2D eigenvalue weighted by Crippen LogP contribution is 2.06. The second-order valence-electron chi connectivity index (χ2n) is 4.33. The van der Waals surface area contributed by atoms with Crippen molar-refractivity contribution in [2.45, 2.75) is 39.7 Å². The van der Waals surface area contributed by atoms with Gasteiger partial charge >= 0.3 is 0 Å². The SMILES string of the molecule is Cc1ccc(C(=O)NCCCC(C)O)c(C)n1. The summed E-state index contributed by atoms with van der Waals surface area (Å²) in [5, 5.41) is 11.9. The van der Waals surface area contributed by atoms with Gasteiger partial charge < -0.3 is 10.4 Å². The maximum atomic E-state index is 11.8. The Morgan fingerprint density at radius 1 is 1.47 bits per heavy atom. The van der Waals surface area contributed by atoms with Gasteiger partial charge in [0, 0.05) is 12.2 Å². The van der Waals surface area contributed by atoms with Crippen molar-refractivity contribution in [1.82, 2.24) is 10.3 Å². The molecule has 0 saturated heterocycles. The molecule has 1 rings (SSSR count). The molecule has 0 radical (unpaired) electrons. The Balaban J connectivity index is 2.47. The fourth-order valence-electron chi connectivity index (χ4n) is 1.62. The summed E-state index contributed by atoms with van der Waals surface area (Å²) in [5.74, 6) is -0.0967. The lowest BCUT2D eigenvalue weighted by Gasteiger charge is -2.08. The first-order valence-corrected chi connectivity index (χ1v) is 5.91. The van der Waals surface area contributed by atoms with E-state index in [0.717, 1.165) is 17.8 Å². The minimum absolute atomic E-state index is 0.0967. The van der Waals surface area contributed by atoms with Gasteiger partial charge in [0.1, 0.15) is 0 Å². The summed E-state index contributed by atoms with van der Waals surface area (Å²) >= 11 is 0. The smallest absolute Gasteiger partial charge is 0.253 e. The molecule has 2 N–H and O–H groups in total. The Bertz CT molecular complexity index is 389. The zero-order chi connectivity index (χ0) is 12.8. The van der Waals surface area contributed by atoms with Gasteiger partial charge in [-0.05, 0) is 45.7 Å². The molecule has 0 fully saturated rings. The molecule has 1 amide bonds. The van der Waals surface area contributed by atoms with Crippen molar-refractivity contribution in [2.24, 2.45) is 0 Å². The van der Waals surface area contributed by atoms with Crippen LogP contribution in [-0.4, -0.2) is 28.6 Å². The average molecular weight is 236 g/mol. The topological polar surface area (TPSA) is 62.2 Å². The normalized spacial score (nSPS) is 12.2. The molecule has 0 bridgehead atoms. The summed E-state index contributed by atoms with van der Waals surface area (Å²) < 4.78 is 0.